The molecule has 0 aromatic carbocycles. The molecule has 5 nitrogen and oxygen atoms in total. The van der Waals surface area contributed by atoms with Gasteiger partial charge < -0.3 is 14.6 Å². The molecule has 17 heavy (non-hydrogen) atoms. The van der Waals surface area contributed by atoms with Crippen LogP contribution in [-0.4, -0.2) is 41.0 Å². The van der Waals surface area contributed by atoms with Gasteiger partial charge in [-0.25, -0.2) is 0 Å². The van der Waals surface area contributed by atoms with Crippen LogP contribution in [0.1, 0.15) is 24.7 Å². The molecule has 98 valence electrons. The predicted octanol–water partition coefficient (Wildman–Crippen LogP) is 1.03. The third-order valence-corrected chi connectivity index (χ3v) is 2.79. The van der Waals surface area contributed by atoms with Gasteiger partial charge in [0.25, 0.3) is 0 Å². The van der Waals surface area contributed by atoms with Crippen molar-refractivity contribution < 1.29 is 14.6 Å². The summed E-state index contributed by atoms with van der Waals surface area (Å²) < 4.78 is 12.0. The molecule has 1 N–H and O–H groups in total. The molecule has 1 aromatic rings. The van der Waals surface area contributed by atoms with Gasteiger partial charge in [-0.2, -0.15) is 5.10 Å². The molecular formula is C12H22N2O3. The molecule has 0 aliphatic carbocycles. The predicted molar refractivity (Wildman–Crippen MR) is 64.7 cm³/mol. The summed E-state index contributed by atoms with van der Waals surface area (Å²) in [6, 6.07) is 1.98. The Hall–Kier alpha value is -0.910. The average molecular weight is 242 g/mol. The molecule has 0 bridgehead atoms. The topological polar surface area (TPSA) is 56.5 Å². The van der Waals surface area contributed by atoms with Crippen molar-refractivity contribution in [3.63, 3.8) is 0 Å². The lowest BCUT2D eigenvalue weighted by molar-refractivity contribution is -0.140. The third kappa shape index (κ3) is 4.11. The molecule has 1 aromatic heterocycles. The van der Waals surface area contributed by atoms with Gasteiger partial charge in [0.15, 0.2) is 6.29 Å². The number of hydrogen-bond acceptors (Lipinski definition) is 4. The quantitative estimate of drug-likeness (QED) is 0.757. The molecule has 1 rings (SSSR count). The second-order valence-electron chi connectivity index (χ2n) is 4.68. The minimum atomic E-state index is -0.878. The highest BCUT2D eigenvalue weighted by atomic mass is 16.7. The van der Waals surface area contributed by atoms with E-state index in [1.165, 1.54) is 0 Å². The second-order valence-corrected chi connectivity index (χ2v) is 4.68. The summed E-state index contributed by atoms with van der Waals surface area (Å²) in [7, 11) is 5.01. The van der Waals surface area contributed by atoms with Crippen LogP contribution in [0.2, 0.25) is 0 Å². The maximum absolute atomic E-state index is 10.3. The lowest BCUT2D eigenvalue weighted by Gasteiger charge is -2.27. The molecule has 0 aliphatic heterocycles. The monoisotopic (exact) mass is 242 g/mol. The highest BCUT2D eigenvalue weighted by Crippen LogP contribution is 2.20. The van der Waals surface area contributed by atoms with Crippen molar-refractivity contribution >= 4 is 0 Å². The van der Waals surface area contributed by atoms with Crippen LogP contribution in [0.3, 0.4) is 0 Å². The van der Waals surface area contributed by atoms with Crippen molar-refractivity contribution in [1.82, 2.24) is 9.78 Å². The highest BCUT2D eigenvalue weighted by molar-refractivity contribution is 5.11. The van der Waals surface area contributed by atoms with Crippen molar-refractivity contribution in [2.24, 2.45) is 7.05 Å². The van der Waals surface area contributed by atoms with Gasteiger partial charge in [-0.15, -0.1) is 0 Å². The molecule has 0 saturated heterocycles. The molecule has 1 atom stereocenters. The normalized spacial score (nSPS) is 15.2. The van der Waals surface area contributed by atoms with Gasteiger partial charge in [0, 0.05) is 39.8 Å². The smallest absolute Gasteiger partial charge is 0.159 e. The Labute approximate surface area is 102 Å². The summed E-state index contributed by atoms with van der Waals surface area (Å²) in [5.41, 5.74) is 1.07. The zero-order chi connectivity index (χ0) is 13.1. The van der Waals surface area contributed by atoms with Crippen molar-refractivity contribution in [3.8, 4) is 0 Å². The van der Waals surface area contributed by atoms with Crippen LogP contribution in [-0.2, 0) is 22.9 Å². The Balaban J connectivity index is 2.68. The van der Waals surface area contributed by atoms with E-state index < -0.39 is 5.60 Å². The summed E-state index contributed by atoms with van der Waals surface area (Å²) >= 11 is 0. The van der Waals surface area contributed by atoms with Gasteiger partial charge in [-0.3, -0.25) is 4.68 Å². The van der Waals surface area contributed by atoms with E-state index in [2.05, 4.69) is 5.10 Å². The molecule has 1 heterocycles. The number of methoxy groups -OCH3 is 2. The minimum absolute atomic E-state index is 0.390. The first-order valence-corrected chi connectivity index (χ1v) is 5.65. The zero-order valence-corrected chi connectivity index (χ0v) is 11.2. The Morgan fingerprint density at radius 2 is 2.06 bits per heavy atom. The number of aliphatic hydroxyl groups is 1. The molecule has 0 fully saturated rings. The van der Waals surface area contributed by atoms with Crippen LogP contribution in [0.4, 0.5) is 0 Å². The van der Waals surface area contributed by atoms with E-state index in [0.717, 1.165) is 11.4 Å². The van der Waals surface area contributed by atoms with Gasteiger partial charge in [0.2, 0.25) is 0 Å². The van der Waals surface area contributed by atoms with Crippen LogP contribution in [0.15, 0.2) is 6.07 Å². The number of rotatable bonds is 6. The van der Waals surface area contributed by atoms with E-state index in [0.29, 0.717) is 12.8 Å². The lowest BCUT2D eigenvalue weighted by Crippen LogP contribution is -2.34. The second kappa shape index (κ2) is 5.62. The lowest BCUT2D eigenvalue weighted by atomic mass is 9.95. The van der Waals surface area contributed by atoms with Gasteiger partial charge in [-0.05, 0) is 19.9 Å². The van der Waals surface area contributed by atoms with Crippen LogP contribution in [0.25, 0.3) is 0 Å². The van der Waals surface area contributed by atoms with Gasteiger partial charge in [-0.1, -0.05) is 0 Å². The molecule has 1 unspecified atom stereocenters. The van der Waals surface area contributed by atoms with E-state index in [1.54, 1.807) is 25.8 Å². The standard InChI is InChI=1S/C12H22N2O3/c1-9-6-10(14(3)13-9)7-12(2,15)8-11(16-4)17-5/h6,11,15H,7-8H2,1-5H3. The number of hydrogen-bond donors (Lipinski definition) is 1. The number of ether oxygens (including phenoxy) is 2. The summed E-state index contributed by atoms with van der Waals surface area (Å²) in [6.45, 7) is 3.71. The zero-order valence-electron chi connectivity index (χ0n) is 11.2. The molecule has 0 radical (unpaired) electrons. The van der Waals surface area contributed by atoms with Gasteiger partial charge in [0.1, 0.15) is 0 Å². The van der Waals surface area contributed by atoms with Crippen LogP contribution < -0.4 is 0 Å². The van der Waals surface area contributed by atoms with E-state index in [-0.39, 0.29) is 6.29 Å². The molecule has 0 amide bonds. The Morgan fingerprint density at radius 1 is 1.47 bits per heavy atom. The average Bonchev–Trinajstić information content (AvgIpc) is 2.53. The summed E-state index contributed by atoms with van der Waals surface area (Å²) in [4.78, 5) is 0. The van der Waals surface area contributed by atoms with Gasteiger partial charge in [0.05, 0.1) is 11.3 Å². The number of nitrogens with zero attached hydrogens (tertiary/aromatic N) is 2. The maximum atomic E-state index is 10.3. The van der Waals surface area contributed by atoms with Gasteiger partial charge >= 0.3 is 0 Å². The van der Waals surface area contributed by atoms with Crippen molar-refractivity contribution in [2.45, 2.75) is 38.6 Å². The SMILES string of the molecule is COC(CC(C)(O)Cc1cc(C)nn1C)OC. The molecular weight excluding hydrogens is 220 g/mol. The first kappa shape index (κ1) is 14.2. The van der Waals surface area contributed by atoms with Crippen LogP contribution >= 0.6 is 0 Å². The number of aromatic nitrogens is 2. The van der Waals surface area contributed by atoms with Crippen molar-refractivity contribution in [3.05, 3.63) is 17.5 Å². The fourth-order valence-corrected chi connectivity index (χ4v) is 1.91. The molecule has 5 heteroatoms. The largest absolute Gasteiger partial charge is 0.390 e. The summed E-state index contributed by atoms with van der Waals surface area (Å²) in [6.07, 6.45) is 0.553. The van der Waals surface area contributed by atoms with E-state index >= 15 is 0 Å². The summed E-state index contributed by atoms with van der Waals surface area (Å²) in [5.74, 6) is 0. The van der Waals surface area contributed by atoms with E-state index in [1.807, 2.05) is 20.0 Å². The fraction of sp³-hybridized carbons (Fsp3) is 0.750. The van der Waals surface area contributed by atoms with Crippen LogP contribution in [0, 0.1) is 6.92 Å². The maximum Gasteiger partial charge on any atom is 0.159 e. The Morgan fingerprint density at radius 3 is 2.47 bits per heavy atom. The minimum Gasteiger partial charge on any atom is -0.390 e. The van der Waals surface area contributed by atoms with E-state index in [9.17, 15) is 5.11 Å². The first-order valence-electron chi connectivity index (χ1n) is 5.65. The summed E-state index contributed by atoms with van der Waals surface area (Å²) in [5, 5.41) is 14.6. The van der Waals surface area contributed by atoms with Crippen LogP contribution in [0.5, 0.6) is 0 Å². The Kier molecular flexibility index (Phi) is 4.68. The molecule has 0 saturated carbocycles. The Bertz CT molecular complexity index is 357. The third-order valence-electron chi connectivity index (χ3n) is 2.79. The highest BCUT2D eigenvalue weighted by Gasteiger charge is 2.27. The fourth-order valence-electron chi connectivity index (χ4n) is 1.91. The first-order chi connectivity index (χ1) is 7.88. The van der Waals surface area contributed by atoms with Crippen molar-refractivity contribution in [2.75, 3.05) is 14.2 Å². The number of aryl methyl sites for hydroxylation is 2. The van der Waals surface area contributed by atoms with Crippen molar-refractivity contribution in [1.29, 1.82) is 0 Å². The molecule has 0 spiro atoms. The molecule has 0 aliphatic rings. The van der Waals surface area contributed by atoms with E-state index in [4.69, 9.17) is 9.47 Å².